The lowest BCUT2D eigenvalue weighted by Crippen LogP contribution is -2.55. The molecule has 6 rings (SSSR count). The van der Waals surface area contributed by atoms with Crippen molar-refractivity contribution in [2.24, 2.45) is 17.8 Å². The first kappa shape index (κ1) is 26.2. The maximum Gasteiger partial charge on any atom is 0.306 e. The predicted molar refractivity (Wildman–Crippen MR) is 140 cm³/mol. The van der Waals surface area contributed by atoms with E-state index >= 15 is 0 Å². The van der Waals surface area contributed by atoms with Gasteiger partial charge in [0.15, 0.2) is 0 Å². The van der Waals surface area contributed by atoms with E-state index in [1.807, 2.05) is 18.2 Å². The van der Waals surface area contributed by atoms with E-state index in [1.165, 1.54) is 9.58 Å². The number of carboxylic acid groups (broad SMARTS) is 1. The topological polar surface area (TPSA) is 92.5 Å². The average Bonchev–Trinajstić information content (AvgIpc) is 3.67. The second-order valence-corrected chi connectivity index (χ2v) is 11.7. The van der Waals surface area contributed by atoms with Gasteiger partial charge in [-0.1, -0.05) is 29.8 Å². The van der Waals surface area contributed by atoms with Gasteiger partial charge in [0.2, 0.25) is 12.3 Å². The molecule has 3 aliphatic carbocycles. The van der Waals surface area contributed by atoms with Crippen molar-refractivity contribution < 1.29 is 28.3 Å². The van der Waals surface area contributed by atoms with E-state index in [1.54, 1.807) is 6.07 Å². The number of rotatable bonds is 6. The van der Waals surface area contributed by atoms with Crippen molar-refractivity contribution in [1.82, 2.24) is 14.7 Å². The highest BCUT2D eigenvalue weighted by Gasteiger charge is 2.42. The smallest absolute Gasteiger partial charge is 0.306 e. The maximum atomic E-state index is 14.1. The van der Waals surface area contributed by atoms with E-state index in [9.17, 15) is 28.3 Å². The summed E-state index contributed by atoms with van der Waals surface area (Å²) in [6, 6.07) is 5.47. The van der Waals surface area contributed by atoms with E-state index in [-0.39, 0.29) is 37.2 Å². The minimum Gasteiger partial charge on any atom is -0.481 e. The lowest BCUT2D eigenvalue weighted by Gasteiger charge is -2.41. The third kappa shape index (κ3) is 4.79. The Hall–Kier alpha value is -3.07. The zero-order valence-corrected chi connectivity index (χ0v) is 22.2. The molecular weight excluding hydrogens is 528 g/mol. The number of alkyl halides is 2. The van der Waals surface area contributed by atoms with E-state index in [0.29, 0.717) is 54.1 Å². The standard InChI is InChI=1S/C29H30ClF2N3O4/c30-22-3-1-2-20(15-4-5-15)24(22)28(37)35-23-12-18(27(36)34-13-19(14-34)26(31)32)10-11-21(23)25(33-35)16-6-8-17(9-7-16)29(38)39/h1-3,6,15,17-19,26H,4-5,7-14H2,(H,38,39). The number of allylic oxidation sites excluding steroid dienone is 2. The van der Waals surface area contributed by atoms with Crippen LogP contribution in [0.1, 0.15) is 77.3 Å². The Morgan fingerprint density at radius 1 is 1.05 bits per heavy atom. The molecule has 39 heavy (non-hydrogen) atoms. The summed E-state index contributed by atoms with van der Waals surface area (Å²) < 4.78 is 27.4. The van der Waals surface area contributed by atoms with Crippen LogP contribution in [-0.4, -0.2) is 57.1 Å². The van der Waals surface area contributed by atoms with Crippen LogP contribution in [0.25, 0.3) is 5.57 Å². The summed E-state index contributed by atoms with van der Waals surface area (Å²) in [4.78, 5) is 40.2. The highest BCUT2D eigenvalue weighted by Crippen LogP contribution is 2.44. The van der Waals surface area contributed by atoms with Crippen molar-refractivity contribution in [3.8, 4) is 0 Å². The Morgan fingerprint density at radius 2 is 1.79 bits per heavy atom. The molecule has 1 N–H and O–H groups in total. The van der Waals surface area contributed by atoms with Gasteiger partial charge in [-0.05, 0) is 68.1 Å². The van der Waals surface area contributed by atoms with Gasteiger partial charge in [0.1, 0.15) is 0 Å². The average molecular weight is 558 g/mol. The Bertz CT molecular complexity index is 1380. The van der Waals surface area contributed by atoms with Gasteiger partial charge in [0.25, 0.3) is 5.91 Å². The Balaban J connectivity index is 1.35. The number of carboxylic acids is 1. The minimum atomic E-state index is -2.44. The van der Waals surface area contributed by atoms with Crippen LogP contribution in [0.15, 0.2) is 24.3 Å². The third-order valence-corrected chi connectivity index (χ3v) is 9.05. The fourth-order valence-corrected chi connectivity index (χ4v) is 6.50. The lowest BCUT2D eigenvalue weighted by atomic mass is 9.81. The van der Waals surface area contributed by atoms with Crippen LogP contribution in [-0.2, 0) is 22.4 Å². The van der Waals surface area contributed by atoms with E-state index in [2.05, 4.69) is 0 Å². The van der Waals surface area contributed by atoms with Crippen LogP contribution >= 0.6 is 11.6 Å². The molecule has 10 heteroatoms. The number of amides is 1. The molecule has 2 unspecified atom stereocenters. The van der Waals surface area contributed by atoms with Gasteiger partial charge < -0.3 is 10.0 Å². The fraction of sp³-hybridized carbons (Fsp3) is 0.517. The molecule has 1 aromatic heterocycles. The molecule has 1 aromatic carbocycles. The molecule has 2 atom stereocenters. The van der Waals surface area contributed by atoms with Gasteiger partial charge in [-0.3, -0.25) is 14.4 Å². The Labute approximate surface area is 229 Å². The Kier molecular flexibility index (Phi) is 6.81. The zero-order chi connectivity index (χ0) is 27.4. The van der Waals surface area contributed by atoms with Crippen LogP contribution in [0.3, 0.4) is 0 Å². The molecule has 7 nitrogen and oxygen atoms in total. The van der Waals surface area contributed by atoms with Crippen molar-refractivity contribution in [1.29, 1.82) is 0 Å². The largest absolute Gasteiger partial charge is 0.481 e. The molecule has 2 fully saturated rings. The molecule has 0 bridgehead atoms. The number of aliphatic carboxylic acids is 1. The minimum absolute atomic E-state index is 0.0608. The molecule has 1 amide bonds. The predicted octanol–water partition coefficient (Wildman–Crippen LogP) is 5.20. The summed E-state index contributed by atoms with van der Waals surface area (Å²) >= 11 is 6.57. The summed E-state index contributed by atoms with van der Waals surface area (Å²) in [6.45, 7) is 0.122. The van der Waals surface area contributed by atoms with Gasteiger partial charge in [-0.25, -0.2) is 8.78 Å². The molecule has 2 aromatic rings. The number of nitrogens with zero attached hydrogens (tertiary/aromatic N) is 3. The van der Waals surface area contributed by atoms with Crippen LogP contribution in [0.2, 0.25) is 5.02 Å². The summed E-state index contributed by atoms with van der Waals surface area (Å²) in [5.41, 5.74) is 4.51. The van der Waals surface area contributed by atoms with Gasteiger partial charge in [0.05, 0.1) is 33.8 Å². The number of halogens is 3. The van der Waals surface area contributed by atoms with Crippen LogP contribution in [0.5, 0.6) is 0 Å². The second kappa shape index (κ2) is 10.2. The number of carbonyl (C=O) groups is 3. The maximum absolute atomic E-state index is 14.1. The van der Waals surface area contributed by atoms with Crippen LogP contribution in [0.4, 0.5) is 8.78 Å². The molecule has 206 valence electrons. The van der Waals surface area contributed by atoms with Gasteiger partial charge in [-0.2, -0.15) is 9.78 Å². The van der Waals surface area contributed by atoms with Crippen LogP contribution in [0, 0.1) is 17.8 Å². The van der Waals surface area contributed by atoms with Crippen molar-refractivity contribution in [2.75, 3.05) is 13.1 Å². The van der Waals surface area contributed by atoms with Gasteiger partial charge in [-0.15, -0.1) is 0 Å². The number of hydrogen-bond acceptors (Lipinski definition) is 4. The molecule has 4 aliphatic rings. The molecular formula is C29H30ClF2N3O4. The Morgan fingerprint density at radius 3 is 2.44 bits per heavy atom. The molecule has 1 saturated carbocycles. The quantitative estimate of drug-likeness (QED) is 0.527. The number of likely N-dealkylation sites (tertiary alicyclic amines) is 1. The van der Waals surface area contributed by atoms with E-state index in [0.717, 1.165) is 29.5 Å². The van der Waals surface area contributed by atoms with Crippen molar-refractivity contribution in [3.63, 3.8) is 0 Å². The normalized spacial score (nSPS) is 23.3. The number of carbonyl (C=O) groups excluding carboxylic acids is 2. The number of aromatic nitrogens is 2. The molecule has 0 spiro atoms. The molecule has 1 saturated heterocycles. The van der Waals surface area contributed by atoms with Gasteiger partial charge in [0, 0.05) is 31.0 Å². The second-order valence-electron chi connectivity index (χ2n) is 11.3. The lowest BCUT2D eigenvalue weighted by molar-refractivity contribution is -0.146. The number of benzene rings is 1. The van der Waals surface area contributed by atoms with Crippen LogP contribution < -0.4 is 0 Å². The number of fused-ring (bicyclic) bond motifs is 1. The van der Waals surface area contributed by atoms with E-state index in [4.69, 9.17) is 16.7 Å². The first-order chi connectivity index (χ1) is 18.7. The third-order valence-electron chi connectivity index (χ3n) is 8.73. The SMILES string of the molecule is O=C(O)C1CC=C(c2nn(C(=O)c3c(Cl)cccc3C3CC3)c3c2CCC(C(=O)N2CC(C(F)F)C2)C3)CC1. The highest BCUT2D eigenvalue weighted by molar-refractivity contribution is 6.34. The van der Waals surface area contributed by atoms with Crippen molar-refractivity contribution in [2.45, 2.75) is 63.7 Å². The summed E-state index contributed by atoms with van der Waals surface area (Å²) in [5, 5.41) is 14.6. The summed E-state index contributed by atoms with van der Waals surface area (Å²) in [5.74, 6) is -2.66. The zero-order valence-electron chi connectivity index (χ0n) is 21.4. The molecule has 1 aliphatic heterocycles. The molecule has 2 heterocycles. The van der Waals surface area contributed by atoms with Gasteiger partial charge >= 0.3 is 5.97 Å². The monoisotopic (exact) mass is 557 g/mol. The fourth-order valence-electron chi connectivity index (χ4n) is 6.24. The first-order valence-electron chi connectivity index (χ1n) is 13.7. The summed E-state index contributed by atoms with van der Waals surface area (Å²) in [7, 11) is 0. The molecule has 0 radical (unpaired) electrons. The summed E-state index contributed by atoms with van der Waals surface area (Å²) in [6.07, 6.45) is 4.25. The highest BCUT2D eigenvalue weighted by atomic mass is 35.5. The van der Waals surface area contributed by atoms with E-state index < -0.39 is 30.1 Å². The first-order valence-corrected chi connectivity index (χ1v) is 14.0. The number of hydrogen-bond donors (Lipinski definition) is 1. The van der Waals surface area contributed by atoms with Crippen molar-refractivity contribution >= 4 is 35.0 Å². The van der Waals surface area contributed by atoms with Crippen molar-refractivity contribution in [3.05, 3.63) is 57.4 Å².